The van der Waals surface area contributed by atoms with Crippen molar-refractivity contribution in [2.24, 2.45) is 0 Å². The van der Waals surface area contributed by atoms with E-state index < -0.39 is 15.6 Å². The van der Waals surface area contributed by atoms with Crippen molar-refractivity contribution < 1.29 is 22.7 Å². The lowest BCUT2D eigenvalue weighted by atomic mass is 9.89. The first-order valence-electron chi connectivity index (χ1n) is 9.41. The quantitative estimate of drug-likeness (QED) is 0.749. The lowest BCUT2D eigenvalue weighted by molar-refractivity contribution is 0.0618. The molecule has 1 aliphatic heterocycles. The normalized spacial score (nSPS) is 17.6. The summed E-state index contributed by atoms with van der Waals surface area (Å²) in [5.74, 6) is 1.15. The van der Waals surface area contributed by atoms with Crippen LogP contribution in [0.3, 0.4) is 0 Å². The van der Waals surface area contributed by atoms with Crippen LogP contribution in [0.4, 0.5) is 5.69 Å². The third kappa shape index (κ3) is 5.00. The van der Waals surface area contributed by atoms with Crippen LogP contribution in [-0.4, -0.2) is 32.8 Å². The number of carbonyl (C=O) groups is 1. The van der Waals surface area contributed by atoms with Crippen molar-refractivity contribution in [3.05, 3.63) is 53.6 Å². The zero-order valence-electron chi connectivity index (χ0n) is 17.0. The zero-order valence-corrected chi connectivity index (χ0v) is 17.8. The van der Waals surface area contributed by atoms with Crippen LogP contribution in [-0.2, 0) is 10.0 Å². The summed E-state index contributed by atoms with van der Waals surface area (Å²) in [7, 11) is -1.76. The molecule has 0 radical (unpaired) electrons. The van der Waals surface area contributed by atoms with E-state index in [0.717, 1.165) is 11.3 Å². The third-order valence-electron chi connectivity index (χ3n) is 4.78. The molecule has 3 rings (SSSR count). The molecule has 1 atom stereocenters. The molecule has 2 aromatic carbocycles. The van der Waals surface area contributed by atoms with Gasteiger partial charge >= 0.3 is 0 Å². The Morgan fingerprint density at radius 1 is 1.21 bits per heavy atom. The van der Waals surface area contributed by atoms with Crippen LogP contribution < -0.4 is 19.5 Å². The molecule has 2 N–H and O–H groups in total. The molecule has 156 valence electrons. The van der Waals surface area contributed by atoms with Gasteiger partial charge in [-0.05, 0) is 63.2 Å². The van der Waals surface area contributed by atoms with E-state index in [2.05, 4.69) is 10.0 Å². The van der Waals surface area contributed by atoms with Crippen molar-refractivity contribution in [2.45, 2.75) is 38.8 Å². The van der Waals surface area contributed by atoms with Crippen LogP contribution in [0.5, 0.6) is 11.5 Å². The topological polar surface area (TPSA) is 93.7 Å². The molecule has 1 amide bonds. The number of rotatable bonds is 6. The Hall–Kier alpha value is -2.74. The van der Waals surface area contributed by atoms with Crippen LogP contribution in [0.1, 0.15) is 49.2 Å². The molecule has 0 saturated heterocycles. The van der Waals surface area contributed by atoms with E-state index in [0.29, 0.717) is 23.4 Å². The molecule has 0 fully saturated rings. The maximum atomic E-state index is 12.8. The number of benzene rings is 2. The van der Waals surface area contributed by atoms with Gasteiger partial charge in [0.15, 0.2) is 0 Å². The van der Waals surface area contributed by atoms with Crippen molar-refractivity contribution >= 4 is 21.6 Å². The summed E-state index contributed by atoms with van der Waals surface area (Å²) in [6.45, 7) is 5.52. The van der Waals surface area contributed by atoms with Crippen LogP contribution in [0.25, 0.3) is 0 Å². The standard InChI is InChI=1S/C21H26N2O5S/c1-5-29(25,26)23-15-8-6-14(7-9-15)20(24)22-18-13-21(2,3)28-19-11-10-16(27-4)12-17(18)19/h6-12,18,23H,5,13H2,1-4H3,(H,22,24). The maximum absolute atomic E-state index is 12.8. The molecule has 29 heavy (non-hydrogen) atoms. The molecule has 0 bridgehead atoms. The van der Waals surface area contributed by atoms with Crippen LogP contribution in [0.2, 0.25) is 0 Å². The number of hydrogen-bond acceptors (Lipinski definition) is 5. The minimum atomic E-state index is -3.36. The van der Waals surface area contributed by atoms with Gasteiger partial charge in [-0.2, -0.15) is 0 Å². The fourth-order valence-electron chi connectivity index (χ4n) is 3.27. The van der Waals surface area contributed by atoms with E-state index in [-0.39, 0.29) is 17.7 Å². The molecule has 0 aromatic heterocycles. The first-order chi connectivity index (χ1) is 13.6. The number of nitrogens with one attached hydrogen (secondary N) is 2. The largest absolute Gasteiger partial charge is 0.497 e. The number of amides is 1. The van der Waals surface area contributed by atoms with Crippen molar-refractivity contribution in [1.82, 2.24) is 5.32 Å². The maximum Gasteiger partial charge on any atom is 0.251 e. The van der Waals surface area contributed by atoms with E-state index in [1.165, 1.54) is 0 Å². The molecular weight excluding hydrogens is 392 g/mol. The SMILES string of the molecule is CCS(=O)(=O)Nc1ccc(C(=O)NC2CC(C)(C)Oc3ccc(OC)cc32)cc1. The molecule has 0 spiro atoms. The first kappa shape index (κ1) is 21.0. The molecular formula is C21H26N2O5S. The molecule has 1 heterocycles. The molecule has 7 nitrogen and oxygen atoms in total. The van der Waals surface area contributed by atoms with Gasteiger partial charge in [0.1, 0.15) is 17.1 Å². The fraction of sp³-hybridized carbons (Fsp3) is 0.381. The van der Waals surface area contributed by atoms with Crippen LogP contribution in [0.15, 0.2) is 42.5 Å². The van der Waals surface area contributed by atoms with Gasteiger partial charge in [0.25, 0.3) is 5.91 Å². The van der Waals surface area contributed by atoms with E-state index in [4.69, 9.17) is 9.47 Å². The second-order valence-corrected chi connectivity index (χ2v) is 9.59. The number of carbonyl (C=O) groups excluding carboxylic acids is 1. The molecule has 1 aliphatic rings. The number of sulfonamides is 1. The summed E-state index contributed by atoms with van der Waals surface area (Å²) < 4.78 is 37.1. The zero-order chi connectivity index (χ0) is 21.2. The average Bonchev–Trinajstić information content (AvgIpc) is 2.67. The van der Waals surface area contributed by atoms with Crippen molar-refractivity contribution in [1.29, 1.82) is 0 Å². The Morgan fingerprint density at radius 3 is 2.52 bits per heavy atom. The number of hydrogen-bond donors (Lipinski definition) is 2. The molecule has 1 unspecified atom stereocenters. The lowest BCUT2D eigenvalue weighted by Crippen LogP contribution is -2.41. The van der Waals surface area contributed by atoms with E-state index in [1.54, 1.807) is 38.3 Å². The van der Waals surface area contributed by atoms with Gasteiger partial charge in [0, 0.05) is 23.2 Å². The first-order valence-corrected chi connectivity index (χ1v) is 11.1. The number of ether oxygens (including phenoxy) is 2. The fourth-order valence-corrected chi connectivity index (χ4v) is 3.91. The second kappa shape index (κ2) is 7.94. The summed E-state index contributed by atoms with van der Waals surface area (Å²) in [5.41, 5.74) is 1.30. The van der Waals surface area contributed by atoms with Gasteiger partial charge in [-0.15, -0.1) is 0 Å². The van der Waals surface area contributed by atoms with Crippen LogP contribution in [0, 0.1) is 0 Å². The van der Waals surface area contributed by atoms with Gasteiger partial charge in [0.2, 0.25) is 10.0 Å². The van der Waals surface area contributed by atoms with Gasteiger partial charge in [0.05, 0.1) is 18.9 Å². The molecule has 8 heteroatoms. The predicted molar refractivity (Wildman–Crippen MR) is 112 cm³/mol. The second-order valence-electron chi connectivity index (χ2n) is 7.58. The van der Waals surface area contributed by atoms with Crippen molar-refractivity contribution in [3.8, 4) is 11.5 Å². The minimum absolute atomic E-state index is 0.0162. The Bertz CT molecular complexity index is 1000. The number of anilines is 1. The highest BCUT2D eigenvalue weighted by atomic mass is 32.2. The molecule has 2 aromatic rings. The van der Waals surface area contributed by atoms with Gasteiger partial charge in [-0.3, -0.25) is 9.52 Å². The summed E-state index contributed by atoms with van der Waals surface area (Å²) in [6, 6.07) is 11.7. The Labute approximate surface area is 171 Å². The highest BCUT2D eigenvalue weighted by molar-refractivity contribution is 7.92. The van der Waals surface area contributed by atoms with E-state index in [1.807, 2.05) is 32.0 Å². The highest BCUT2D eigenvalue weighted by Crippen LogP contribution is 2.41. The van der Waals surface area contributed by atoms with Crippen molar-refractivity contribution in [2.75, 3.05) is 17.6 Å². The van der Waals surface area contributed by atoms with E-state index in [9.17, 15) is 13.2 Å². The molecule has 0 saturated carbocycles. The number of fused-ring (bicyclic) bond motifs is 1. The average molecular weight is 419 g/mol. The minimum Gasteiger partial charge on any atom is -0.497 e. The molecule has 0 aliphatic carbocycles. The Kier molecular flexibility index (Phi) is 5.75. The highest BCUT2D eigenvalue weighted by Gasteiger charge is 2.35. The van der Waals surface area contributed by atoms with Gasteiger partial charge < -0.3 is 14.8 Å². The van der Waals surface area contributed by atoms with Gasteiger partial charge in [-0.25, -0.2) is 8.42 Å². The van der Waals surface area contributed by atoms with Crippen molar-refractivity contribution in [3.63, 3.8) is 0 Å². The summed E-state index contributed by atoms with van der Waals surface area (Å²) >= 11 is 0. The summed E-state index contributed by atoms with van der Waals surface area (Å²) in [4.78, 5) is 12.8. The summed E-state index contributed by atoms with van der Waals surface area (Å²) in [6.07, 6.45) is 0.604. The Morgan fingerprint density at radius 2 is 1.90 bits per heavy atom. The lowest BCUT2D eigenvalue weighted by Gasteiger charge is -2.38. The van der Waals surface area contributed by atoms with E-state index >= 15 is 0 Å². The van der Waals surface area contributed by atoms with Gasteiger partial charge in [-0.1, -0.05) is 0 Å². The summed E-state index contributed by atoms with van der Waals surface area (Å²) in [5, 5.41) is 3.06. The predicted octanol–water partition coefficient (Wildman–Crippen LogP) is 3.49. The monoisotopic (exact) mass is 418 g/mol. The third-order valence-corrected chi connectivity index (χ3v) is 6.09. The number of methoxy groups -OCH3 is 1. The Balaban J connectivity index is 1.80. The smallest absolute Gasteiger partial charge is 0.251 e. The van der Waals surface area contributed by atoms with Crippen LogP contribution >= 0.6 is 0 Å².